The molecule has 2 aliphatic carbocycles. The molecule has 2 aliphatic rings. The lowest BCUT2D eigenvalue weighted by molar-refractivity contribution is 0.144. The van der Waals surface area contributed by atoms with E-state index in [1.807, 2.05) is 0 Å². The maximum Gasteiger partial charge on any atom is 0.0241 e. The molecule has 0 aromatic carbocycles. The van der Waals surface area contributed by atoms with Crippen molar-refractivity contribution in [3.8, 4) is 0 Å². The van der Waals surface area contributed by atoms with Crippen LogP contribution in [0.4, 0.5) is 0 Å². The topological polar surface area (TPSA) is 26.0 Å². The van der Waals surface area contributed by atoms with Gasteiger partial charge in [0.05, 0.1) is 0 Å². The van der Waals surface area contributed by atoms with Gasteiger partial charge in [-0.2, -0.15) is 0 Å². The zero-order chi connectivity index (χ0) is 9.53. The summed E-state index contributed by atoms with van der Waals surface area (Å²) in [4.78, 5) is 0. The molecule has 0 bridgehead atoms. The number of hydrogen-bond donors (Lipinski definition) is 1. The van der Waals surface area contributed by atoms with E-state index in [0.717, 1.165) is 5.92 Å². The largest absolute Gasteiger partial charge is 0.324 e. The summed E-state index contributed by atoms with van der Waals surface area (Å²) in [7, 11) is 0. The van der Waals surface area contributed by atoms with Crippen LogP contribution in [0, 0.1) is 11.3 Å². The van der Waals surface area contributed by atoms with Crippen LogP contribution in [0.5, 0.6) is 0 Å². The molecule has 0 saturated heterocycles. The Kier molecular flexibility index (Phi) is 2.18. The van der Waals surface area contributed by atoms with Gasteiger partial charge in [-0.3, -0.25) is 0 Å². The maximum atomic E-state index is 6.51. The predicted octanol–water partition coefficient (Wildman–Crippen LogP) is 3.08. The molecule has 1 nitrogen and oxygen atoms in total. The summed E-state index contributed by atoms with van der Waals surface area (Å²) in [6.45, 7) is 4.72. The van der Waals surface area contributed by atoms with Gasteiger partial charge in [-0.1, -0.05) is 39.5 Å². The van der Waals surface area contributed by atoms with Gasteiger partial charge in [0.2, 0.25) is 0 Å². The summed E-state index contributed by atoms with van der Waals surface area (Å²) in [5.41, 5.74) is 7.21. The Morgan fingerprint density at radius 1 is 1.23 bits per heavy atom. The van der Waals surface area contributed by atoms with Crippen molar-refractivity contribution in [3.63, 3.8) is 0 Å². The molecular formula is C12H23N. The molecule has 2 N–H and O–H groups in total. The first kappa shape index (κ1) is 9.51. The molecule has 2 rings (SSSR count). The molecule has 0 aromatic rings. The third kappa shape index (κ3) is 1.32. The highest BCUT2D eigenvalue weighted by Gasteiger charge is 2.60. The summed E-state index contributed by atoms with van der Waals surface area (Å²) in [5.74, 6) is 0.829. The summed E-state index contributed by atoms with van der Waals surface area (Å²) >= 11 is 0. The monoisotopic (exact) mass is 181 g/mol. The SMILES string of the molecule is CCC1CC1(N)C1(C)CCCCC1. The average molecular weight is 181 g/mol. The smallest absolute Gasteiger partial charge is 0.0241 e. The van der Waals surface area contributed by atoms with Gasteiger partial charge in [-0.15, -0.1) is 0 Å². The quantitative estimate of drug-likeness (QED) is 0.696. The molecular weight excluding hydrogens is 158 g/mol. The predicted molar refractivity (Wildman–Crippen MR) is 56.5 cm³/mol. The number of hydrogen-bond acceptors (Lipinski definition) is 1. The van der Waals surface area contributed by atoms with Crippen molar-refractivity contribution in [2.75, 3.05) is 0 Å². The van der Waals surface area contributed by atoms with Gasteiger partial charge in [-0.25, -0.2) is 0 Å². The van der Waals surface area contributed by atoms with E-state index in [1.54, 1.807) is 0 Å². The Balaban J connectivity index is 2.06. The molecule has 0 amide bonds. The highest BCUT2D eigenvalue weighted by molar-refractivity contribution is 5.16. The first-order valence-electron chi connectivity index (χ1n) is 5.91. The van der Waals surface area contributed by atoms with Gasteiger partial charge >= 0.3 is 0 Å². The molecule has 0 heterocycles. The fourth-order valence-electron chi connectivity index (χ4n) is 3.39. The van der Waals surface area contributed by atoms with E-state index in [1.165, 1.54) is 44.9 Å². The van der Waals surface area contributed by atoms with Crippen LogP contribution in [0.3, 0.4) is 0 Å². The molecule has 0 aromatic heterocycles. The molecule has 0 aliphatic heterocycles. The minimum Gasteiger partial charge on any atom is -0.324 e. The standard InChI is InChI=1S/C12H23N/c1-3-10-9-12(10,13)11(2)7-5-4-6-8-11/h10H,3-9,13H2,1-2H3. The normalized spacial score (nSPS) is 43.2. The third-order valence-corrected chi connectivity index (χ3v) is 4.73. The Hall–Kier alpha value is -0.0400. The van der Waals surface area contributed by atoms with Crippen molar-refractivity contribution >= 4 is 0 Å². The van der Waals surface area contributed by atoms with Crippen LogP contribution in [0.25, 0.3) is 0 Å². The summed E-state index contributed by atoms with van der Waals surface area (Å²) in [6.07, 6.45) is 9.58. The van der Waals surface area contributed by atoms with Crippen LogP contribution in [-0.2, 0) is 0 Å². The lowest BCUT2D eigenvalue weighted by Crippen LogP contribution is -2.45. The van der Waals surface area contributed by atoms with E-state index >= 15 is 0 Å². The molecule has 13 heavy (non-hydrogen) atoms. The first-order chi connectivity index (χ1) is 6.12. The summed E-state index contributed by atoms with van der Waals surface area (Å²) in [5, 5.41) is 0. The molecule has 2 unspecified atom stereocenters. The molecule has 0 spiro atoms. The number of rotatable bonds is 2. The van der Waals surface area contributed by atoms with Crippen LogP contribution < -0.4 is 5.73 Å². The van der Waals surface area contributed by atoms with Gasteiger partial charge in [0.25, 0.3) is 0 Å². The van der Waals surface area contributed by atoms with Crippen molar-refractivity contribution in [1.29, 1.82) is 0 Å². The second-order valence-corrected chi connectivity index (χ2v) is 5.47. The third-order valence-electron chi connectivity index (χ3n) is 4.73. The number of nitrogens with two attached hydrogens (primary N) is 1. The highest BCUT2D eigenvalue weighted by Crippen LogP contribution is 2.59. The minimum absolute atomic E-state index is 0.224. The van der Waals surface area contributed by atoms with E-state index in [0.29, 0.717) is 5.41 Å². The van der Waals surface area contributed by atoms with Gasteiger partial charge in [-0.05, 0) is 30.6 Å². The van der Waals surface area contributed by atoms with Crippen LogP contribution in [0.15, 0.2) is 0 Å². The van der Waals surface area contributed by atoms with Gasteiger partial charge < -0.3 is 5.73 Å². The van der Waals surface area contributed by atoms with Gasteiger partial charge in [0, 0.05) is 5.54 Å². The van der Waals surface area contributed by atoms with Crippen LogP contribution in [-0.4, -0.2) is 5.54 Å². The molecule has 2 atom stereocenters. The summed E-state index contributed by atoms with van der Waals surface area (Å²) in [6, 6.07) is 0. The minimum atomic E-state index is 0.224. The Morgan fingerprint density at radius 3 is 2.31 bits per heavy atom. The Bertz CT molecular complexity index is 193. The van der Waals surface area contributed by atoms with E-state index in [-0.39, 0.29) is 5.54 Å². The summed E-state index contributed by atoms with van der Waals surface area (Å²) < 4.78 is 0. The molecule has 1 heteroatoms. The fraction of sp³-hybridized carbons (Fsp3) is 1.00. The van der Waals surface area contributed by atoms with Gasteiger partial charge in [0.15, 0.2) is 0 Å². The molecule has 2 saturated carbocycles. The van der Waals surface area contributed by atoms with Crippen LogP contribution in [0.1, 0.15) is 58.8 Å². The lowest BCUT2D eigenvalue weighted by Gasteiger charge is -2.40. The molecule has 0 radical (unpaired) electrons. The van der Waals surface area contributed by atoms with E-state index in [2.05, 4.69) is 13.8 Å². The Morgan fingerprint density at radius 2 is 1.85 bits per heavy atom. The van der Waals surface area contributed by atoms with Crippen LogP contribution in [0.2, 0.25) is 0 Å². The van der Waals surface area contributed by atoms with E-state index in [9.17, 15) is 0 Å². The van der Waals surface area contributed by atoms with Crippen molar-refractivity contribution in [1.82, 2.24) is 0 Å². The average Bonchev–Trinajstić information content (AvgIpc) is 2.81. The van der Waals surface area contributed by atoms with E-state index in [4.69, 9.17) is 5.73 Å². The highest BCUT2D eigenvalue weighted by atomic mass is 14.9. The molecule has 76 valence electrons. The van der Waals surface area contributed by atoms with Crippen LogP contribution >= 0.6 is 0 Å². The Labute approximate surface area is 82.1 Å². The van der Waals surface area contributed by atoms with Crippen molar-refractivity contribution in [2.45, 2.75) is 64.3 Å². The fourth-order valence-corrected chi connectivity index (χ4v) is 3.39. The first-order valence-corrected chi connectivity index (χ1v) is 5.91. The zero-order valence-electron chi connectivity index (χ0n) is 9.10. The lowest BCUT2D eigenvalue weighted by atomic mass is 9.68. The second-order valence-electron chi connectivity index (χ2n) is 5.47. The molecule has 2 fully saturated rings. The van der Waals surface area contributed by atoms with Crippen molar-refractivity contribution < 1.29 is 0 Å². The van der Waals surface area contributed by atoms with Crippen molar-refractivity contribution in [2.24, 2.45) is 17.1 Å². The van der Waals surface area contributed by atoms with E-state index < -0.39 is 0 Å². The second kappa shape index (κ2) is 2.98. The van der Waals surface area contributed by atoms with Gasteiger partial charge in [0.1, 0.15) is 0 Å². The maximum absolute atomic E-state index is 6.51. The van der Waals surface area contributed by atoms with Crippen molar-refractivity contribution in [3.05, 3.63) is 0 Å². The zero-order valence-corrected chi connectivity index (χ0v) is 9.10.